The molecule has 4 nitrogen and oxygen atoms in total. The molecule has 0 atom stereocenters. The molecule has 0 unspecified atom stereocenters. The molecule has 98 valence electrons. The maximum atomic E-state index is 10.2. The molecule has 2 N–H and O–H groups in total. The van der Waals surface area contributed by atoms with E-state index in [1.54, 1.807) is 0 Å². The van der Waals surface area contributed by atoms with Crippen molar-refractivity contribution >= 4 is 49.7 Å². The summed E-state index contributed by atoms with van der Waals surface area (Å²) in [6.07, 6.45) is 8.51. The van der Waals surface area contributed by atoms with Gasteiger partial charge in [-0.1, -0.05) is 38.5 Å². The quantitative estimate of drug-likeness (QED) is 0.430. The Balaban J connectivity index is -0.00000112. The van der Waals surface area contributed by atoms with Crippen LogP contribution in [0, 0.1) is 0 Å². The number of rotatable bonds is 11. The van der Waals surface area contributed by atoms with Crippen LogP contribution in [0.3, 0.4) is 0 Å². The second-order valence-electron chi connectivity index (χ2n) is 4.12. The predicted molar refractivity (Wildman–Crippen MR) is 75.7 cm³/mol. The maximum absolute atomic E-state index is 10.2. The summed E-state index contributed by atoms with van der Waals surface area (Å²) < 4.78 is 0. The molecule has 6 heteroatoms. The Morgan fingerprint density at radius 1 is 0.556 bits per heavy atom. The molecule has 0 aliphatic carbocycles. The molecule has 0 saturated heterocycles. The van der Waals surface area contributed by atoms with Gasteiger partial charge in [0.15, 0.2) is 0 Å². The average Bonchev–Trinajstić information content (AvgIpc) is 2.20. The Morgan fingerprint density at radius 2 is 0.778 bits per heavy atom. The van der Waals surface area contributed by atoms with Gasteiger partial charge < -0.3 is 10.2 Å². The van der Waals surface area contributed by atoms with Gasteiger partial charge in [0.2, 0.25) is 0 Å². The number of unbranched alkanes of at least 4 members (excludes halogenated alkanes) is 7. The van der Waals surface area contributed by atoms with E-state index in [0.29, 0.717) is 0 Å². The van der Waals surface area contributed by atoms with Crippen LogP contribution in [0.25, 0.3) is 0 Å². The van der Waals surface area contributed by atoms with E-state index in [9.17, 15) is 9.59 Å². The van der Waals surface area contributed by atoms with Gasteiger partial charge in [-0.15, -0.1) is 0 Å². The number of aliphatic carboxylic acids is 2. The van der Waals surface area contributed by atoms with Crippen LogP contribution < -0.4 is 0 Å². The van der Waals surface area contributed by atoms with Crippen LogP contribution in [0.2, 0.25) is 0 Å². The summed E-state index contributed by atoms with van der Waals surface area (Å²) in [7, 11) is 0. The fourth-order valence-electron chi connectivity index (χ4n) is 1.61. The van der Waals surface area contributed by atoms with E-state index in [0.717, 1.165) is 51.4 Å². The second-order valence-corrected chi connectivity index (χ2v) is 4.12. The Labute approximate surface area is 133 Å². The fraction of sp³-hybridized carbons (Fsp3) is 0.833. The number of carbonyl (C=O) groups is 2. The summed E-state index contributed by atoms with van der Waals surface area (Å²) in [4.78, 5) is 20.4. The summed E-state index contributed by atoms with van der Waals surface area (Å²) in [5.41, 5.74) is 0. The fourth-order valence-corrected chi connectivity index (χ4v) is 1.61. The zero-order chi connectivity index (χ0) is 12.2. The van der Waals surface area contributed by atoms with Crippen LogP contribution in [0.5, 0.6) is 0 Å². The van der Waals surface area contributed by atoms with Crippen molar-refractivity contribution in [2.45, 2.75) is 64.2 Å². The number of carboxylic acids is 2. The van der Waals surface area contributed by atoms with E-state index >= 15 is 0 Å². The first-order valence-electron chi connectivity index (χ1n) is 6.06. The Bertz CT molecular complexity index is 188. The van der Waals surface area contributed by atoms with Crippen molar-refractivity contribution in [3.05, 3.63) is 0 Å². The summed E-state index contributed by atoms with van der Waals surface area (Å²) in [5.74, 6) is -1.43. The van der Waals surface area contributed by atoms with Gasteiger partial charge in [-0.2, -0.15) is 0 Å². The monoisotopic (exact) mass is 246 g/mol. The van der Waals surface area contributed by atoms with E-state index in [2.05, 4.69) is 0 Å². The van der Waals surface area contributed by atoms with Crippen LogP contribution in [0.15, 0.2) is 0 Å². The van der Waals surface area contributed by atoms with E-state index < -0.39 is 11.9 Å². The molecule has 0 fully saturated rings. The predicted octanol–water partition coefficient (Wildman–Crippen LogP) is 1.76. The molecular weight excluding hydrogens is 222 g/mol. The van der Waals surface area contributed by atoms with Gasteiger partial charge >= 0.3 is 49.7 Å². The van der Waals surface area contributed by atoms with Gasteiger partial charge in [-0.3, -0.25) is 9.59 Å². The van der Waals surface area contributed by atoms with Crippen molar-refractivity contribution in [3.8, 4) is 0 Å². The molecule has 0 aromatic rings. The molecule has 0 aliphatic heterocycles. The molecule has 0 aromatic carbocycles. The molecule has 18 heavy (non-hydrogen) atoms. The third-order valence-electron chi connectivity index (χ3n) is 2.53. The van der Waals surface area contributed by atoms with Gasteiger partial charge in [-0.05, 0) is 12.8 Å². The van der Waals surface area contributed by atoms with Crippen molar-refractivity contribution in [1.82, 2.24) is 0 Å². The summed E-state index contributed by atoms with van der Waals surface area (Å²) >= 11 is 0. The van der Waals surface area contributed by atoms with Crippen molar-refractivity contribution < 1.29 is 19.8 Å². The van der Waals surface area contributed by atoms with Crippen molar-refractivity contribution in [2.75, 3.05) is 0 Å². The van der Waals surface area contributed by atoms with E-state index in [4.69, 9.17) is 10.2 Å². The molecule has 0 rings (SSSR count). The van der Waals surface area contributed by atoms with Gasteiger partial charge in [0, 0.05) is 12.8 Å². The molecule has 0 bridgehead atoms. The van der Waals surface area contributed by atoms with Crippen LogP contribution in [0.4, 0.5) is 0 Å². The minimum absolute atomic E-state index is 0. The Hall–Kier alpha value is 0.135. The molecular formula is C12H24Li2O4. The third-order valence-corrected chi connectivity index (χ3v) is 2.53. The van der Waals surface area contributed by atoms with Crippen LogP contribution in [-0.4, -0.2) is 59.9 Å². The third kappa shape index (κ3) is 21.4. The molecule has 0 radical (unpaired) electrons. The van der Waals surface area contributed by atoms with Crippen molar-refractivity contribution in [1.29, 1.82) is 0 Å². The summed E-state index contributed by atoms with van der Waals surface area (Å²) in [5, 5.41) is 16.8. The summed E-state index contributed by atoms with van der Waals surface area (Å²) in [6, 6.07) is 0. The van der Waals surface area contributed by atoms with Crippen LogP contribution in [0.1, 0.15) is 64.2 Å². The number of hydrogen-bond acceptors (Lipinski definition) is 2. The van der Waals surface area contributed by atoms with E-state index in [-0.39, 0.29) is 50.6 Å². The Kier molecular flexibility index (Phi) is 22.1. The van der Waals surface area contributed by atoms with Crippen LogP contribution >= 0.6 is 0 Å². The second kappa shape index (κ2) is 17.1. The van der Waals surface area contributed by atoms with E-state index in [1.165, 1.54) is 0 Å². The first-order chi connectivity index (χ1) is 7.63. The average molecular weight is 246 g/mol. The molecule has 0 heterocycles. The molecule has 0 aliphatic rings. The molecule has 0 amide bonds. The SMILES string of the molecule is O=C(O)CCCCCCCCCCC(=O)O.[LiH].[LiH]. The number of hydrogen-bond donors (Lipinski definition) is 2. The number of carboxylic acid groups (broad SMARTS) is 2. The van der Waals surface area contributed by atoms with Crippen LogP contribution in [-0.2, 0) is 9.59 Å². The summed E-state index contributed by atoms with van der Waals surface area (Å²) in [6.45, 7) is 0. The Morgan fingerprint density at radius 3 is 1.00 bits per heavy atom. The van der Waals surface area contributed by atoms with Crippen molar-refractivity contribution in [3.63, 3.8) is 0 Å². The zero-order valence-electron chi connectivity index (χ0n) is 9.78. The van der Waals surface area contributed by atoms with Gasteiger partial charge in [-0.25, -0.2) is 0 Å². The first kappa shape index (κ1) is 23.2. The van der Waals surface area contributed by atoms with E-state index in [1.807, 2.05) is 0 Å². The molecule has 0 spiro atoms. The topological polar surface area (TPSA) is 74.6 Å². The zero-order valence-corrected chi connectivity index (χ0v) is 9.78. The minimum atomic E-state index is -0.714. The van der Waals surface area contributed by atoms with Gasteiger partial charge in [0.25, 0.3) is 0 Å². The van der Waals surface area contributed by atoms with Gasteiger partial charge in [0.1, 0.15) is 0 Å². The first-order valence-corrected chi connectivity index (χ1v) is 6.06. The van der Waals surface area contributed by atoms with Gasteiger partial charge in [0.05, 0.1) is 0 Å². The standard InChI is InChI=1S/C12H22O4.2Li.2H/c13-11(14)9-7-5-3-1-2-4-6-8-10-12(15)16;;;;/h1-10H2,(H,13,14)(H,15,16);;;;. The molecule has 0 saturated carbocycles. The molecule has 0 aromatic heterocycles. The normalized spacial score (nSPS) is 9.11. The van der Waals surface area contributed by atoms with Crippen molar-refractivity contribution in [2.24, 2.45) is 0 Å².